The summed E-state index contributed by atoms with van der Waals surface area (Å²) in [6, 6.07) is 4.79. The highest BCUT2D eigenvalue weighted by molar-refractivity contribution is 9.08. The van der Waals surface area contributed by atoms with E-state index in [1.807, 2.05) is 6.92 Å². The van der Waals surface area contributed by atoms with Crippen LogP contribution in [0.4, 0.5) is 5.69 Å². The molecule has 0 saturated carbocycles. The van der Waals surface area contributed by atoms with Gasteiger partial charge in [0.15, 0.2) is 5.82 Å². The van der Waals surface area contributed by atoms with E-state index >= 15 is 0 Å². The van der Waals surface area contributed by atoms with Crippen LogP contribution in [0, 0.1) is 17.0 Å². The van der Waals surface area contributed by atoms with E-state index < -0.39 is 4.92 Å². The molecule has 0 spiro atoms. The fourth-order valence-electron chi connectivity index (χ4n) is 2.29. The Labute approximate surface area is 131 Å². The van der Waals surface area contributed by atoms with Crippen LogP contribution in [-0.2, 0) is 10.9 Å². The molecule has 0 aliphatic heterocycles. The third kappa shape index (κ3) is 2.97. The number of aryl methyl sites for hydroxylation is 1. The number of non-ortho nitro benzene ring substituents is 1. The smallest absolute Gasteiger partial charge is 0.269 e. The third-order valence-corrected chi connectivity index (χ3v) is 3.68. The topological polar surface area (TPSA) is 73.8 Å². The summed E-state index contributed by atoms with van der Waals surface area (Å²) in [6.07, 6.45) is 0. The summed E-state index contributed by atoms with van der Waals surface area (Å²) in [4.78, 5) is 10.5. The lowest BCUT2D eigenvalue weighted by Gasteiger charge is -2.25. The SMILES string of the molecule is Cc1cc([N+](=O)[O-])ccc1-c1nnc(CBr)n1C(C)(C)C. The Hall–Kier alpha value is -1.76. The molecule has 0 aliphatic rings. The highest BCUT2D eigenvalue weighted by Crippen LogP contribution is 2.30. The first-order valence-electron chi connectivity index (χ1n) is 6.52. The maximum Gasteiger partial charge on any atom is 0.269 e. The maximum atomic E-state index is 10.8. The molecule has 112 valence electrons. The molecule has 0 fully saturated rings. The first kappa shape index (κ1) is 15.6. The molecular formula is C14H17BrN4O2. The van der Waals surface area contributed by atoms with Gasteiger partial charge in [-0.1, -0.05) is 15.9 Å². The van der Waals surface area contributed by atoms with Crippen molar-refractivity contribution in [3.05, 3.63) is 39.7 Å². The largest absolute Gasteiger partial charge is 0.305 e. The van der Waals surface area contributed by atoms with Crippen LogP contribution in [0.2, 0.25) is 0 Å². The predicted octanol–water partition coefficient (Wildman–Crippen LogP) is 3.81. The van der Waals surface area contributed by atoms with Crippen LogP contribution in [0.3, 0.4) is 0 Å². The van der Waals surface area contributed by atoms with E-state index in [0.29, 0.717) is 5.33 Å². The summed E-state index contributed by atoms with van der Waals surface area (Å²) in [5, 5.41) is 19.9. The van der Waals surface area contributed by atoms with Crippen molar-refractivity contribution in [2.24, 2.45) is 0 Å². The fourth-order valence-corrected chi connectivity index (χ4v) is 2.66. The molecular weight excluding hydrogens is 336 g/mol. The van der Waals surface area contributed by atoms with Crippen molar-refractivity contribution < 1.29 is 4.92 Å². The van der Waals surface area contributed by atoms with Gasteiger partial charge in [0.2, 0.25) is 0 Å². The Bertz CT molecular complexity index is 689. The molecule has 0 bridgehead atoms. The maximum absolute atomic E-state index is 10.8. The Morgan fingerprint density at radius 1 is 1.33 bits per heavy atom. The zero-order valence-corrected chi connectivity index (χ0v) is 14.0. The summed E-state index contributed by atoms with van der Waals surface area (Å²) in [7, 11) is 0. The van der Waals surface area contributed by atoms with Crippen molar-refractivity contribution in [3.8, 4) is 11.4 Å². The van der Waals surface area contributed by atoms with Crippen LogP contribution in [-0.4, -0.2) is 19.7 Å². The van der Waals surface area contributed by atoms with Crippen LogP contribution >= 0.6 is 15.9 Å². The summed E-state index contributed by atoms with van der Waals surface area (Å²) in [6.45, 7) is 8.07. The quantitative estimate of drug-likeness (QED) is 0.478. The molecule has 7 heteroatoms. The number of nitrogens with zero attached hydrogens (tertiary/aromatic N) is 4. The van der Waals surface area contributed by atoms with Crippen molar-refractivity contribution >= 4 is 21.6 Å². The number of nitro groups is 1. The van der Waals surface area contributed by atoms with Gasteiger partial charge in [0.1, 0.15) is 5.82 Å². The summed E-state index contributed by atoms with van der Waals surface area (Å²) in [5.74, 6) is 1.56. The Kier molecular flexibility index (Phi) is 4.13. The summed E-state index contributed by atoms with van der Waals surface area (Å²) >= 11 is 3.42. The first-order chi connectivity index (χ1) is 9.75. The third-order valence-electron chi connectivity index (χ3n) is 3.18. The van der Waals surface area contributed by atoms with E-state index in [1.165, 1.54) is 6.07 Å². The molecule has 1 aromatic heterocycles. The second-order valence-corrected chi connectivity index (χ2v) is 6.40. The molecule has 21 heavy (non-hydrogen) atoms. The second-order valence-electron chi connectivity index (χ2n) is 5.84. The van der Waals surface area contributed by atoms with Crippen molar-refractivity contribution in [2.45, 2.75) is 38.6 Å². The van der Waals surface area contributed by atoms with Crippen molar-refractivity contribution in [2.75, 3.05) is 0 Å². The number of hydrogen-bond acceptors (Lipinski definition) is 4. The van der Waals surface area contributed by atoms with Crippen LogP contribution in [0.15, 0.2) is 18.2 Å². The minimum Gasteiger partial charge on any atom is -0.305 e. The number of hydrogen-bond donors (Lipinski definition) is 0. The molecule has 0 atom stereocenters. The van der Waals surface area contributed by atoms with Gasteiger partial charge in [-0.15, -0.1) is 10.2 Å². The number of aromatic nitrogens is 3. The van der Waals surface area contributed by atoms with E-state index in [9.17, 15) is 10.1 Å². The minimum absolute atomic E-state index is 0.0822. The number of alkyl halides is 1. The van der Waals surface area contributed by atoms with Crippen molar-refractivity contribution in [3.63, 3.8) is 0 Å². The van der Waals surface area contributed by atoms with Gasteiger partial charge >= 0.3 is 0 Å². The molecule has 1 heterocycles. The molecule has 2 aromatic rings. The number of rotatable bonds is 3. The zero-order valence-electron chi connectivity index (χ0n) is 12.4. The molecule has 0 saturated heterocycles. The standard InChI is InChI=1S/C14H17BrN4O2/c1-9-7-10(19(20)21)5-6-11(9)13-17-16-12(8-15)18(13)14(2,3)4/h5-7H,8H2,1-4H3. The van der Waals surface area contributed by atoms with Crippen LogP contribution in [0.1, 0.15) is 32.2 Å². The van der Waals surface area contributed by atoms with Gasteiger partial charge in [0.25, 0.3) is 5.69 Å². The first-order valence-corrected chi connectivity index (χ1v) is 7.64. The lowest BCUT2D eigenvalue weighted by atomic mass is 10.0. The van der Waals surface area contributed by atoms with E-state index in [1.54, 1.807) is 12.1 Å². The number of benzene rings is 1. The number of nitro benzene ring substituents is 1. The molecule has 1 aromatic carbocycles. The molecule has 0 amide bonds. The van der Waals surface area contributed by atoms with E-state index in [0.717, 1.165) is 22.8 Å². The van der Waals surface area contributed by atoms with Gasteiger partial charge in [0.05, 0.1) is 10.3 Å². The average molecular weight is 353 g/mol. The van der Waals surface area contributed by atoms with Crippen molar-refractivity contribution in [1.29, 1.82) is 0 Å². The van der Waals surface area contributed by atoms with Gasteiger partial charge in [0, 0.05) is 23.2 Å². The van der Waals surface area contributed by atoms with Gasteiger partial charge < -0.3 is 4.57 Å². The lowest BCUT2D eigenvalue weighted by Crippen LogP contribution is -2.25. The van der Waals surface area contributed by atoms with Crippen molar-refractivity contribution in [1.82, 2.24) is 14.8 Å². The molecule has 2 rings (SSSR count). The Morgan fingerprint density at radius 2 is 2.00 bits per heavy atom. The monoisotopic (exact) mass is 352 g/mol. The zero-order chi connectivity index (χ0) is 15.8. The van der Waals surface area contributed by atoms with Gasteiger partial charge in [-0.05, 0) is 39.3 Å². The molecule has 0 radical (unpaired) electrons. The van der Waals surface area contributed by atoms with Gasteiger partial charge in [-0.25, -0.2) is 0 Å². The minimum atomic E-state index is -0.394. The lowest BCUT2D eigenvalue weighted by molar-refractivity contribution is -0.384. The second kappa shape index (κ2) is 5.55. The van der Waals surface area contributed by atoms with Gasteiger partial charge in [-0.3, -0.25) is 10.1 Å². The molecule has 0 N–H and O–H groups in total. The van der Waals surface area contributed by atoms with Crippen LogP contribution in [0.5, 0.6) is 0 Å². The van der Waals surface area contributed by atoms with E-state index in [2.05, 4.69) is 51.5 Å². The van der Waals surface area contributed by atoms with Crippen LogP contribution in [0.25, 0.3) is 11.4 Å². The predicted molar refractivity (Wildman–Crippen MR) is 84.5 cm³/mol. The molecule has 6 nitrogen and oxygen atoms in total. The van der Waals surface area contributed by atoms with E-state index in [4.69, 9.17) is 0 Å². The normalized spacial score (nSPS) is 11.7. The highest BCUT2D eigenvalue weighted by atomic mass is 79.9. The summed E-state index contributed by atoms with van der Waals surface area (Å²) in [5.41, 5.74) is 1.56. The van der Waals surface area contributed by atoms with Gasteiger partial charge in [-0.2, -0.15) is 0 Å². The summed E-state index contributed by atoms with van der Waals surface area (Å²) < 4.78 is 2.05. The number of halogens is 1. The molecule has 0 aliphatic carbocycles. The Balaban J connectivity index is 2.63. The highest BCUT2D eigenvalue weighted by Gasteiger charge is 2.24. The van der Waals surface area contributed by atoms with E-state index in [-0.39, 0.29) is 11.2 Å². The Morgan fingerprint density at radius 3 is 2.48 bits per heavy atom. The fraction of sp³-hybridized carbons (Fsp3) is 0.429. The average Bonchev–Trinajstić information content (AvgIpc) is 2.82. The van der Waals surface area contributed by atoms with Crippen LogP contribution < -0.4 is 0 Å². The molecule has 0 unspecified atom stereocenters.